The van der Waals surface area contributed by atoms with Gasteiger partial charge in [0.15, 0.2) is 5.84 Å². The summed E-state index contributed by atoms with van der Waals surface area (Å²) in [4.78, 5) is 17.3. The van der Waals surface area contributed by atoms with E-state index in [1.807, 2.05) is 65.2 Å². The van der Waals surface area contributed by atoms with Crippen LogP contribution in [0, 0.1) is 0 Å². The molecule has 0 bridgehead atoms. The van der Waals surface area contributed by atoms with Crippen molar-refractivity contribution < 1.29 is 0 Å². The van der Waals surface area contributed by atoms with Crippen LogP contribution in [0.3, 0.4) is 0 Å². The van der Waals surface area contributed by atoms with E-state index in [-0.39, 0.29) is 33.2 Å². The molecule has 1 aliphatic heterocycles. The van der Waals surface area contributed by atoms with Crippen molar-refractivity contribution in [1.29, 1.82) is 0 Å². The Labute approximate surface area is 337 Å². The molecule has 0 saturated carbocycles. The van der Waals surface area contributed by atoms with E-state index in [2.05, 4.69) is 94.0 Å². The fraction of sp³-hybridized carbons (Fsp3) is 0.0652. The second kappa shape index (κ2) is 13.6. The first-order valence-electron chi connectivity index (χ1n) is 18.7. The summed E-state index contributed by atoms with van der Waals surface area (Å²) in [5.41, 5.74) is 9.62. The molecule has 0 spiro atoms. The van der Waals surface area contributed by atoms with Crippen LogP contribution in [0.4, 0.5) is 5.69 Å². The predicted octanol–water partition coefficient (Wildman–Crippen LogP) is 4.62. The number of hydrogen-bond acceptors (Lipinski definition) is 2. The minimum Gasteiger partial charge on any atom is -0.324 e. The molecule has 2 aliphatic rings. The summed E-state index contributed by atoms with van der Waals surface area (Å²) in [6.07, 6.45) is 7.49. The molecule has 10 rings (SSSR count). The molecule has 1 unspecified atom stereocenters. The monoisotopic (exact) mass is 720 g/mol. The van der Waals surface area contributed by atoms with Gasteiger partial charge in [-0.3, -0.25) is 4.57 Å². The van der Waals surface area contributed by atoms with Gasteiger partial charge in [-0.1, -0.05) is 108 Å². The van der Waals surface area contributed by atoms with Crippen LogP contribution in [0.15, 0.2) is 154 Å². The van der Waals surface area contributed by atoms with Gasteiger partial charge in [0.2, 0.25) is 5.96 Å². The highest BCUT2D eigenvalue weighted by atomic mass is 15.3. The van der Waals surface area contributed by atoms with Gasteiger partial charge in [-0.2, -0.15) is 4.99 Å². The average Bonchev–Trinajstić information content (AvgIpc) is 3.87. The molecule has 258 valence electrons. The van der Waals surface area contributed by atoms with Crippen molar-refractivity contribution in [3.8, 4) is 5.69 Å². The van der Waals surface area contributed by atoms with Gasteiger partial charge in [0, 0.05) is 50.1 Å². The molecular formula is C46H29B5N6. The van der Waals surface area contributed by atoms with Crippen LogP contribution in [0.25, 0.3) is 49.3 Å². The summed E-state index contributed by atoms with van der Waals surface area (Å²) in [6.45, 7) is 4.27. The van der Waals surface area contributed by atoms with Crippen molar-refractivity contribution in [1.82, 2.24) is 9.13 Å². The van der Waals surface area contributed by atoms with E-state index in [9.17, 15) is 0 Å². The standard InChI is InChI=1S/C46H29B5N6/c1-52-45(26-13-3-2-4-14-26)54-46(53-25-55-33-19-9-5-15-27(33)28-16-6-10-20-34(28)55)57-36-22-12-8-18-30(36)32-23-37-31(24-38(32)57)29-17-7-11-21-35(29)56(37)44-42(50)40(48)39(47)41(49)43(44)51/h2-15,17-24,28H,1,16,25H2. The zero-order chi connectivity index (χ0) is 38.9. The van der Waals surface area contributed by atoms with Crippen molar-refractivity contribution in [2.45, 2.75) is 12.3 Å². The molecule has 1 atom stereocenters. The van der Waals surface area contributed by atoms with Gasteiger partial charge < -0.3 is 9.47 Å². The Kier molecular flexibility index (Phi) is 8.36. The summed E-state index contributed by atoms with van der Waals surface area (Å²) in [6, 6.07) is 39.1. The maximum absolute atomic E-state index is 6.72. The maximum Gasteiger partial charge on any atom is 0.233 e. The van der Waals surface area contributed by atoms with Gasteiger partial charge in [0.25, 0.3) is 0 Å². The third kappa shape index (κ3) is 5.36. The molecule has 0 saturated heterocycles. The van der Waals surface area contributed by atoms with E-state index in [0.717, 1.165) is 61.3 Å². The zero-order valence-corrected chi connectivity index (χ0v) is 31.0. The number of nitrogens with zero attached hydrogens (tertiary/aromatic N) is 6. The minimum atomic E-state index is 0.167. The van der Waals surface area contributed by atoms with Crippen molar-refractivity contribution >= 4 is 134 Å². The van der Waals surface area contributed by atoms with Gasteiger partial charge in [-0.25, -0.2) is 9.98 Å². The average molecular weight is 720 g/mol. The quantitative estimate of drug-likeness (QED) is 0.149. The van der Waals surface area contributed by atoms with Crippen molar-refractivity contribution in [2.75, 3.05) is 11.6 Å². The lowest BCUT2D eigenvalue weighted by Crippen LogP contribution is -2.56. The van der Waals surface area contributed by atoms with E-state index in [0.29, 0.717) is 24.2 Å². The first-order valence-corrected chi connectivity index (χ1v) is 18.7. The summed E-state index contributed by atoms with van der Waals surface area (Å²) < 4.78 is 4.16. The van der Waals surface area contributed by atoms with E-state index >= 15 is 0 Å². The number of hydrogen-bond donors (Lipinski definition) is 0. The number of aromatic nitrogens is 2. The number of amidine groups is 1. The first kappa shape index (κ1) is 35.0. The fourth-order valence-electron chi connectivity index (χ4n) is 8.63. The lowest BCUT2D eigenvalue weighted by molar-refractivity contribution is 0.788. The molecule has 6 nitrogen and oxygen atoms in total. The summed E-state index contributed by atoms with van der Waals surface area (Å²) >= 11 is 0. The van der Waals surface area contributed by atoms with Crippen LogP contribution in [0.2, 0.25) is 0 Å². The predicted molar refractivity (Wildman–Crippen MR) is 244 cm³/mol. The van der Waals surface area contributed by atoms with E-state index < -0.39 is 0 Å². The van der Waals surface area contributed by atoms with E-state index in [1.54, 1.807) is 0 Å². The smallest absolute Gasteiger partial charge is 0.233 e. The van der Waals surface area contributed by atoms with Crippen molar-refractivity contribution in [3.05, 3.63) is 150 Å². The number of allylic oxidation sites excluding steroid dienone is 4. The maximum atomic E-state index is 6.72. The molecule has 0 fully saturated rings. The lowest BCUT2D eigenvalue weighted by atomic mass is 9.61. The molecule has 8 aromatic rings. The summed E-state index contributed by atoms with van der Waals surface area (Å²) in [5, 5.41) is 3.92. The lowest BCUT2D eigenvalue weighted by Gasteiger charge is -2.23. The SMILES string of the molecule is [B]c1c([B])c([B])c(-n2c3ccccc3c3cc4c(cc32)c2ccccc2n4C(N=C(N=C)c2ccccc2)=NCN2C3=CC=CCC3c3ccccc32)c([B])c1[B]. The summed E-state index contributed by atoms with van der Waals surface area (Å²) in [7, 11) is 32.5. The first-order chi connectivity index (χ1) is 27.9. The number of rotatable bonds is 4. The molecule has 0 amide bonds. The number of fused-ring (bicyclic) bond motifs is 9. The van der Waals surface area contributed by atoms with Gasteiger partial charge in [-0.15, -0.1) is 16.4 Å². The van der Waals surface area contributed by atoms with Crippen LogP contribution >= 0.6 is 0 Å². The second-order valence-electron chi connectivity index (χ2n) is 14.4. The molecule has 3 heterocycles. The molecule has 6 aromatic carbocycles. The highest BCUT2D eigenvalue weighted by Gasteiger charge is 2.33. The Morgan fingerprint density at radius 3 is 2.02 bits per heavy atom. The van der Waals surface area contributed by atoms with Gasteiger partial charge >= 0.3 is 0 Å². The Bertz CT molecular complexity index is 3090. The van der Waals surface area contributed by atoms with Crippen LogP contribution < -0.4 is 32.2 Å². The fourth-order valence-corrected chi connectivity index (χ4v) is 8.63. The minimum absolute atomic E-state index is 0.167. The van der Waals surface area contributed by atoms with Crippen LogP contribution in [0.5, 0.6) is 0 Å². The third-order valence-corrected chi connectivity index (χ3v) is 11.3. The molecule has 1 aliphatic carbocycles. The Morgan fingerprint density at radius 2 is 1.26 bits per heavy atom. The van der Waals surface area contributed by atoms with Crippen molar-refractivity contribution in [3.63, 3.8) is 0 Å². The van der Waals surface area contributed by atoms with Gasteiger partial charge in [0.05, 0.1) is 22.1 Å². The number of aliphatic imine (C=N–C) groups is 3. The normalized spacial score (nSPS) is 15.5. The molecular weight excluding hydrogens is 691 g/mol. The highest BCUT2D eigenvalue weighted by molar-refractivity contribution is 6.68. The van der Waals surface area contributed by atoms with E-state index in [4.69, 9.17) is 49.2 Å². The van der Waals surface area contributed by atoms with Crippen LogP contribution in [-0.2, 0) is 0 Å². The van der Waals surface area contributed by atoms with Crippen molar-refractivity contribution in [2.24, 2.45) is 15.0 Å². The van der Waals surface area contributed by atoms with Gasteiger partial charge in [0.1, 0.15) is 45.9 Å². The molecule has 11 heteroatoms. The second-order valence-corrected chi connectivity index (χ2v) is 14.4. The largest absolute Gasteiger partial charge is 0.324 e. The third-order valence-electron chi connectivity index (χ3n) is 11.3. The molecule has 10 radical (unpaired) electrons. The molecule has 57 heavy (non-hydrogen) atoms. The van der Waals surface area contributed by atoms with Crippen LogP contribution in [0.1, 0.15) is 23.5 Å². The summed E-state index contributed by atoms with van der Waals surface area (Å²) in [5.74, 6) is 1.20. The molecule has 2 aromatic heterocycles. The number of anilines is 1. The zero-order valence-electron chi connectivity index (χ0n) is 31.0. The Morgan fingerprint density at radius 1 is 0.649 bits per heavy atom. The van der Waals surface area contributed by atoms with Gasteiger partial charge in [-0.05, 0) is 55.1 Å². The van der Waals surface area contributed by atoms with E-state index in [1.165, 1.54) is 11.3 Å². The number of benzene rings is 6. The number of para-hydroxylation sites is 3. The van der Waals surface area contributed by atoms with Crippen LogP contribution in [-0.4, -0.2) is 73.5 Å². The highest BCUT2D eigenvalue weighted by Crippen LogP contribution is 2.46. The Balaban J connectivity index is 1.27. The topological polar surface area (TPSA) is 50.2 Å². The molecule has 0 N–H and O–H groups in total. The Hall–Kier alpha value is -6.47.